The Morgan fingerprint density at radius 2 is 2.08 bits per heavy atom. The van der Waals surface area contributed by atoms with Gasteiger partial charge in [-0.05, 0) is 26.8 Å². The van der Waals surface area contributed by atoms with Crippen molar-refractivity contribution in [3.05, 3.63) is 28.8 Å². The van der Waals surface area contributed by atoms with Gasteiger partial charge in [0.1, 0.15) is 19.0 Å². The molecule has 0 unspecified atom stereocenters. The molecule has 0 radical (unpaired) electrons. The van der Waals surface area contributed by atoms with Gasteiger partial charge in [0.2, 0.25) is 0 Å². The third-order valence-corrected chi connectivity index (χ3v) is 3.88. The van der Waals surface area contributed by atoms with Crippen LogP contribution in [0.3, 0.4) is 0 Å². The monoisotopic (exact) mass is 362 g/mol. The molecule has 1 aromatic heterocycles. The molecule has 2 heterocycles. The van der Waals surface area contributed by atoms with Crippen LogP contribution in [0.25, 0.3) is 10.9 Å². The number of rotatable bonds is 6. The van der Waals surface area contributed by atoms with Gasteiger partial charge >= 0.3 is 5.97 Å². The normalized spacial score (nSPS) is 16.4. The Kier molecular flexibility index (Phi) is 4.86. The molecule has 1 aliphatic rings. The maximum atomic E-state index is 12.7. The molecule has 0 aliphatic carbocycles. The molecule has 0 saturated carbocycles. The lowest BCUT2D eigenvalue weighted by molar-refractivity contribution is -0.157. The molecule has 140 valence electrons. The first-order valence-electron chi connectivity index (χ1n) is 8.28. The van der Waals surface area contributed by atoms with E-state index in [2.05, 4.69) is 4.98 Å². The minimum absolute atomic E-state index is 0.105. The van der Waals surface area contributed by atoms with Crippen molar-refractivity contribution in [3.8, 4) is 11.5 Å². The zero-order valence-corrected chi connectivity index (χ0v) is 15.3. The number of aromatic nitrogens is 2. The summed E-state index contributed by atoms with van der Waals surface area (Å²) in [4.78, 5) is 28.8. The van der Waals surface area contributed by atoms with Crippen molar-refractivity contribution in [1.29, 1.82) is 0 Å². The molecule has 26 heavy (non-hydrogen) atoms. The van der Waals surface area contributed by atoms with Gasteiger partial charge in [-0.1, -0.05) is 0 Å². The van der Waals surface area contributed by atoms with E-state index in [1.807, 2.05) is 0 Å². The Morgan fingerprint density at radius 3 is 2.69 bits per heavy atom. The number of hydrogen-bond donors (Lipinski definition) is 0. The molecule has 1 fully saturated rings. The van der Waals surface area contributed by atoms with Crippen LogP contribution in [-0.4, -0.2) is 41.9 Å². The van der Waals surface area contributed by atoms with Crippen molar-refractivity contribution in [1.82, 2.24) is 9.55 Å². The van der Waals surface area contributed by atoms with Crippen molar-refractivity contribution < 1.29 is 23.7 Å². The number of benzene rings is 1. The van der Waals surface area contributed by atoms with Crippen molar-refractivity contribution in [2.24, 2.45) is 5.41 Å². The van der Waals surface area contributed by atoms with Gasteiger partial charge in [0.15, 0.2) is 18.2 Å². The summed E-state index contributed by atoms with van der Waals surface area (Å²) in [5.41, 5.74) is -0.498. The molecule has 1 aromatic carbocycles. The highest BCUT2D eigenvalue weighted by atomic mass is 16.6. The molecule has 1 saturated heterocycles. The molecule has 2 aromatic rings. The van der Waals surface area contributed by atoms with Gasteiger partial charge < -0.3 is 18.9 Å². The van der Waals surface area contributed by atoms with Crippen molar-refractivity contribution in [2.75, 3.05) is 20.3 Å². The molecule has 0 spiro atoms. The van der Waals surface area contributed by atoms with Gasteiger partial charge in [-0.25, -0.2) is 4.98 Å². The van der Waals surface area contributed by atoms with Crippen LogP contribution in [0.2, 0.25) is 0 Å². The quantitative estimate of drug-likeness (QED) is 0.571. The van der Waals surface area contributed by atoms with Crippen LogP contribution in [0, 0.1) is 5.41 Å². The van der Waals surface area contributed by atoms with Crippen LogP contribution in [0.1, 0.15) is 20.8 Å². The Morgan fingerprint density at radius 1 is 1.35 bits per heavy atom. The van der Waals surface area contributed by atoms with Gasteiger partial charge in [0, 0.05) is 6.07 Å². The highest BCUT2D eigenvalue weighted by Gasteiger charge is 2.25. The molecule has 0 bridgehead atoms. The predicted octanol–water partition coefficient (Wildman–Crippen LogP) is 1.73. The minimum Gasteiger partial charge on any atom is -0.493 e. The van der Waals surface area contributed by atoms with E-state index in [-0.39, 0.29) is 18.4 Å². The number of ether oxygens (including phenoxy) is 4. The van der Waals surface area contributed by atoms with Gasteiger partial charge in [0.05, 0.1) is 30.0 Å². The fourth-order valence-corrected chi connectivity index (χ4v) is 2.22. The highest BCUT2D eigenvalue weighted by molar-refractivity contribution is 5.81. The molecular weight excluding hydrogens is 340 g/mol. The number of methoxy groups -OCH3 is 1. The molecule has 8 heteroatoms. The summed E-state index contributed by atoms with van der Waals surface area (Å²) in [7, 11) is 1.50. The molecule has 8 nitrogen and oxygen atoms in total. The first-order chi connectivity index (χ1) is 12.3. The van der Waals surface area contributed by atoms with Crippen molar-refractivity contribution in [2.45, 2.75) is 33.6 Å². The van der Waals surface area contributed by atoms with Gasteiger partial charge in [-0.2, -0.15) is 0 Å². The summed E-state index contributed by atoms with van der Waals surface area (Å²) in [5, 5.41) is 0.353. The molecule has 0 amide bonds. The molecule has 0 N–H and O–H groups in total. The first kappa shape index (κ1) is 18.2. The first-order valence-corrected chi connectivity index (χ1v) is 8.28. The maximum absolute atomic E-state index is 12.7. The van der Waals surface area contributed by atoms with E-state index in [9.17, 15) is 9.59 Å². The fourth-order valence-electron chi connectivity index (χ4n) is 2.22. The molecule has 1 atom stereocenters. The van der Waals surface area contributed by atoms with Crippen molar-refractivity contribution >= 4 is 16.9 Å². The van der Waals surface area contributed by atoms with E-state index in [1.54, 1.807) is 32.9 Å². The molecular formula is C18H22N2O6. The van der Waals surface area contributed by atoms with Crippen LogP contribution >= 0.6 is 0 Å². The van der Waals surface area contributed by atoms with Crippen LogP contribution in [-0.2, 0) is 21.0 Å². The third kappa shape index (κ3) is 3.96. The van der Waals surface area contributed by atoms with Gasteiger partial charge in [-0.3, -0.25) is 14.2 Å². The SMILES string of the molecule is COc1cc2c(=O)n(COC(=O)C(C)(C)C)cnc2cc1OC[C@H]1CO1. The largest absolute Gasteiger partial charge is 0.493 e. The Labute approximate surface area is 150 Å². The second-order valence-corrected chi connectivity index (χ2v) is 7.12. The zero-order chi connectivity index (χ0) is 18.9. The van der Waals surface area contributed by atoms with Crippen LogP contribution in [0.5, 0.6) is 11.5 Å². The van der Waals surface area contributed by atoms with Crippen molar-refractivity contribution in [3.63, 3.8) is 0 Å². The Hall–Kier alpha value is -2.61. The maximum Gasteiger partial charge on any atom is 0.312 e. The molecule has 3 rings (SSSR count). The summed E-state index contributed by atoms with van der Waals surface area (Å²) >= 11 is 0. The standard InChI is InChI=1S/C18H22N2O6/c1-18(2,3)17(22)26-10-20-9-19-13-6-15(25-8-11-7-24-11)14(23-4)5-12(13)16(20)21/h5-6,9,11H,7-8,10H2,1-4H3/t11-/m1/s1. The fraction of sp³-hybridized carbons (Fsp3) is 0.500. The third-order valence-electron chi connectivity index (χ3n) is 3.88. The van der Waals surface area contributed by atoms with Gasteiger partial charge in [-0.15, -0.1) is 0 Å². The highest BCUT2D eigenvalue weighted by Crippen LogP contribution is 2.31. The summed E-state index contributed by atoms with van der Waals surface area (Å²) in [5.74, 6) is 0.536. The number of hydrogen-bond acceptors (Lipinski definition) is 7. The summed E-state index contributed by atoms with van der Waals surface area (Å²) in [6, 6.07) is 3.24. The average Bonchev–Trinajstić information content (AvgIpc) is 3.42. The topological polar surface area (TPSA) is 92.2 Å². The average molecular weight is 362 g/mol. The minimum atomic E-state index is -0.644. The second kappa shape index (κ2) is 6.95. The second-order valence-electron chi connectivity index (χ2n) is 7.12. The summed E-state index contributed by atoms with van der Waals surface area (Å²) < 4.78 is 22.5. The van der Waals surface area contributed by atoms with E-state index >= 15 is 0 Å². The van der Waals surface area contributed by atoms with E-state index in [4.69, 9.17) is 18.9 Å². The lowest BCUT2D eigenvalue weighted by atomic mass is 9.98. The lowest BCUT2D eigenvalue weighted by Gasteiger charge is -2.17. The van der Waals surface area contributed by atoms with Gasteiger partial charge in [0.25, 0.3) is 5.56 Å². The van der Waals surface area contributed by atoms with E-state index < -0.39 is 11.4 Å². The summed E-state index contributed by atoms with van der Waals surface area (Å²) in [6.07, 6.45) is 1.45. The number of esters is 1. The Balaban J connectivity index is 1.86. The molecule has 1 aliphatic heterocycles. The van der Waals surface area contributed by atoms with E-state index in [0.29, 0.717) is 35.6 Å². The zero-order valence-electron chi connectivity index (χ0n) is 15.3. The Bertz CT molecular complexity index is 880. The number of carbonyl (C=O) groups is 1. The van der Waals surface area contributed by atoms with E-state index in [0.717, 1.165) is 0 Å². The smallest absolute Gasteiger partial charge is 0.312 e. The summed E-state index contributed by atoms with van der Waals surface area (Å²) in [6.45, 7) is 6.15. The van der Waals surface area contributed by atoms with Crippen LogP contribution in [0.4, 0.5) is 0 Å². The van der Waals surface area contributed by atoms with Crippen LogP contribution in [0.15, 0.2) is 23.3 Å². The number of fused-ring (bicyclic) bond motifs is 1. The number of epoxide rings is 1. The predicted molar refractivity (Wildman–Crippen MR) is 93.3 cm³/mol. The lowest BCUT2D eigenvalue weighted by Crippen LogP contribution is -2.28. The number of nitrogens with zero attached hydrogens (tertiary/aromatic N) is 2. The van der Waals surface area contributed by atoms with Crippen LogP contribution < -0.4 is 15.0 Å². The number of carbonyl (C=O) groups excluding carboxylic acids is 1. The van der Waals surface area contributed by atoms with E-state index in [1.165, 1.54) is 18.0 Å².